The summed E-state index contributed by atoms with van der Waals surface area (Å²) in [7, 11) is 0. The van der Waals surface area contributed by atoms with E-state index in [0.29, 0.717) is 17.1 Å². The first-order valence-electron chi connectivity index (χ1n) is 8.36. The lowest BCUT2D eigenvalue weighted by Crippen LogP contribution is -2.12. The van der Waals surface area contributed by atoms with E-state index in [-0.39, 0.29) is 17.8 Å². The van der Waals surface area contributed by atoms with Gasteiger partial charge in [-0.2, -0.15) is 0 Å². The average molecular weight is 340 g/mol. The van der Waals surface area contributed by atoms with Crippen LogP contribution in [0.2, 0.25) is 0 Å². The SMILES string of the molecule is C=C(C)C(=O)Oc1ccc(C2C=CC(OC(=O)C(C)C)=CC2)cc1C. The fourth-order valence-electron chi connectivity index (χ4n) is 2.36. The van der Waals surface area contributed by atoms with Crippen LogP contribution in [-0.4, -0.2) is 11.9 Å². The predicted octanol–water partition coefficient (Wildman–Crippen LogP) is 4.60. The van der Waals surface area contributed by atoms with Gasteiger partial charge in [0.15, 0.2) is 0 Å². The zero-order valence-corrected chi connectivity index (χ0v) is 15.2. The molecule has 1 aromatic carbocycles. The summed E-state index contributed by atoms with van der Waals surface area (Å²) in [4.78, 5) is 23.3. The minimum Gasteiger partial charge on any atom is -0.427 e. The highest BCUT2D eigenvalue weighted by atomic mass is 16.5. The Hall–Kier alpha value is -2.62. The summed E-state index contributed by atoms with van der Waals surface area (Å²) in [5, 5.41) is 0. The largest absolute Gasteiger partial charge is 0.427 e. The molecule has 1 unspecified atom stereocenters. The van der Waals surface area contributed by atoms with Crippen molar-refractivity contribution in [2.45, 2.75) is 40.0 Å². The lowest BCUT2D eigenvalue weighted by atomic mass is 9.91. The van der Waals surface area contributed by atoms with Crippen LogP contribution >= 0.6 is 0 Å². The van der Waals surface area contributed by atoms with E-state index >= 15 is 0 Å². The van der Waals surface area contributed by atoms with Gasteiger partial charge in [-0.1, -0.05) is 38.6 Å². The van der Waals surface area contributed by atoms with Crippen molar-refractivity contribution in [1.29, 1.82) is 0 Å². The summed E-state index contributed by atoms with van der Waals surface area (Å²) in [5.74, 6) is 0.536. The molecule has 0 radical (unpaired) electrons. The number of carbonyl (C=O) groups is 2. The molecule has 2 rings (SSSR count). The first-order valence-corrected chi connectivity index (χ1v) is 8.36. The second-order valence-corrected chi connectivity index (χ2v) is 6.58. The lowest BCUT2D eigenvalue weighted by Gasteiger charge is -2.18. The molecule has 0 saturated carbocycles. The quantitative estimate of drug-likeness (QED) is 0.446. The van der Waals surface area contributed by atoms with Gasteiger partial charge in [0.2, 0.25) is 0 Å². The molecule has 0 heterocycles. The summed E-state index contributed by atoms with van der Waals surface area (Å²) < 4.78 is 10.6. The molecule has 4 nitrogen and oxygen atoms in total. The monoisotopic (exact) mass is 340 g/mol. The van der Waals surface area contributed by atoms with Gasteiger partial charge in [0.1, 0.15) is 11.5 Å². The van der Waals surface area contributed by atoms with Crippen LogP contribution in [-0.2, 0) is 14.3 Å². The Kier molecular flexibility index (Phi) is 5.97. The van der Waals surface area contributed by atoms with E-state index in [1.54, 1.807) is 13.0 Å². The molecular weight excluding hydrogens is 316 g/mol. The van der Waals surface area contributed by atoms with Crippen molar-refractivity contribution in [2.24, 2.45) is 5.92 Å². The highest BCUT2D eigenvalue weighted by molar-refractivity contribution is 5.88. The van der Waals surface area contributed by atoms with E-state index in [9.17, 15) is 9.59 Å². The molecule has 0 aromatic heterocycles. The average Bonchev–Trinajstić information content (AvgIpc) is 2.57. The number of aryl methyl sites for hydroxylation is 1. The van der Waals surface area contributed by atoms with E-state index in [2.05, 4.69) is 6.58 Å². The van der Waals surface area contributed by atoms with Crippen molar-refractivity contribution >= 4 is 11.9 Å². The zero-order chi connectivity index (χ0) is 18.6. The molecule has 0 amide bonds. The molecule has 1 aliphatic carbocycles. The smallest absolute Gasteiger partial charge is 0.338 e. The van der Waals surface area contributed by atoms with Crippen molar-refractivity contribution < 1.29 is 19.1 Å². The van der Waals surface area contributed by atoms with Crippen LogP contribution in [0.1, 0.15) is 44.2 Å². The maximum Gasteiger partial charge on any atom is 0.338 e. The summed E-state index contributed by atoms with van der Waals surface area (Å²) in [6, 6.07) is 5.76. The van der Waals surface area contributed by atoms with E-state index in [1.165, 1.54) is 0 Å². The second-order valence-electron chi connectivity index (χ2n) is 6.58. The van der Waals surface area contributed by atoms with Crippen molar-refractivity contribution in [3.05, 3.63) is 65.5 Å². The Morgan fingerprint density at radius 1 is 1.24 bits per heavy atom. The molecule has 0 aliphatic heterocycles. The Morgan fingerprint density at radius 2 is 1.96 bits per heavy atom. The molecule has 1 aromatic rings. The minimum atomic E-state index is -0.423. The van der Waals surface area contributed by atoms with Crippen molar-refractivity contribution in [3.63, 3.8) is 0 Å². The number of hydrogen-bond donors (Lipinski definition) is 0. The van der Waals surface area contributed by atoms with Gasteiger partial charge in [-0.25, -0.2) is 4.79 Å². The van der Waals surface area contributed by atoms with Crippen molar-refractivity contribution in [3.8, 4) is 5.75 Å². The summed E-state index contributed by atoms with van der Waals surface area (Å²) in [6.45, 7) is 10.7. The molecule has 132 valence electrons. The molecule has 4 heteroatoms. The van der Waals surface area contributed by atoms with Crippen molar-refractivity contribution in [1.82, 2.24) is 0 Å². The van der Waals surface area contributed by atoms with Crippen molar-refractivity contribution in [2.75, 3.05) is 0 Å². The number of allylic oxidation sites excluding steroid dienone is 3. The van der Waals surface area contributed by atoms with E-state index in [1.807, 2.05) is 51.1 Å². The molecular formula is C21H24O4. The number of rotatable bonds is 5. The minimum absolute atomic E-state index is 0.149. The molecule has 0 bridgehead atoms. The fourth-order valence-corrected chi connectivity index (χ4v) is 2.36. The van der Waals surface area contributed by atoms with E-state index in [4.69, 9.17) is 9.47 Å². The third-order valence-corrected chi connectivity index (χ3v) is 3.93. The Bertz CT molecular complexity index is 753. The number of hydrogen-bond acceptors (Lipinski definition) is 4. The van der Waals surface area contributed by atoms with E-state index < -0.39 is 5.97 Å². The van der Waals surface area contributed by atoms with Crippen LogP contribution in [0.5, 0.6) is 5.75 Å². The summed E-state index contributed by atoms with van der Waals surface area (Å²) in [5.41, 5.74) is 2.38. The standard InChI is InChI=1S/C21H24O4/c1-13(2)20(22)24-18-9-6-16(7-10-18)17-8-11-19(15(5)12-17)25-21(23)14(3)4/h6,8-13,16H,3,7H2,1-2,4-5H3. The molecule has 1 aliphatic rings. The predicted molar refractivity (Wildman–Crippen MR) is 97.1 cm³/mol. The third-order valence-electron chi connectivity index (χ3n) is 3.93. The van der Waals surface area contributed by atoms with Gasteiger partial charge in [0.05, 0.1) is 5.92 Å². The summed E-state index contributed by atoms with van der Waals surface area (Å²) in [6.07, 6.45) is 6.53. The lowest BCUT2D eigenvalue weighted by molar-refractivity contribution is -0.142. The zero-order valence-electron chi connectivity index (χ0n) is 15.2. The highest BCUT2D eigenvalue weighted by Crippen LogP contribution is 2.30. The molecule has 0 spiro atoms. The van der Waals surface area contributed by atoms with E-state index in [0.717, 1.165) is 17.5 Å². The molecule has 0 saturated heterocycles. The van der Waals surface area contributed by atoms with Crippen LogP contribution in [0.4, 0.5) is 0 Å². The van der Waals surface area contributed by atoms with Gasteiger partial charge in [0, 0.05) is 11.5 Å². The molecule has 0 fully saturated rings. The third kappa shape index (κ3) is 4.92. The fraction of sp³-hybridized carbons (Fsp3) is 0.333. The molecule has 1 atom stereocenters. The topological polar surface area (TPSA) is 52.6 Å². The Balaban J connectivity index is 2.04. The van der Waals surface area contributed by atoms with Crippen LogP contribution in [0, 0.1) is 12.8 Å². The van der Waals surface area contributed by atoms with Crippen LogP contribution in [0.25, 0.3) is 0 Å². The summed E-state index contributed by atoms with van der Waals surface area (Å²) >= 11 is 0. The van der Waals surface area contributed by atoms with Gasteiger partial charge >= 0.3 is 11.9 Å². The first kappa shape index (κ1) is 18.7. The van der Waals surface area contributed by atoms with Crippen LogP contribution in [0.15, 0.2) is 54.3 Å². The Labute approximate surface area is 148 Å². The normalized spacial score (nSPS) is 16.4. The number of esters is 2. The number of ether oxygens (including phenoxy) is 2. The van der Waals surface area contributed by atoms with Gasteiger partial charge in [0.25, 0.3) is 0 Å². The highest BCUT2D eigenvalue weighted by Gasteiger charge is 2.17. The van der Waals surface area contributed by atoms with Gasteiger partial charge in [-0.15, -0.1) is 0 Å². The van der Waals surface area contributed by atoms with Gasteiger partial charge in [-0.3, -0.25) is 4.79 Å². The van der Waals surface area contributed by atoms with Gasteiger partial charge < -0.3 is 9.47 Å². The molecule has 0 N–H and O–H groups in total. The van der Waals surface area contributed by atoms with Crippen LogP contribution in [0.3, 0.4) is 0 Å². The number of benzene rings is 1. The maximum absolute atomic E-state index is 11.6. The molecule has 25 heavy (non-hydrogen) atoms. The van der Waals surface area contributed by atoms with Gasteiger partial charge in [-0.05, 0) is 49.6 Å². The maximum atomic E-state index is 11.6. The Morgan fingerprint density at radius 3 is 2.48 bits per heavy atom. The first-order chi connectivity index (χ1) is 11.8. The van der Waals surface area contributed by atoms with Crippen LogP contribution < -0.4 is 4.74 Å². The number of carbonyl (C=O) groups excluding carboxylic acids is 2. The second kappa shape index (κ2) is 7.97.